The third kappa shape index (κ3) is 2.98. The summed E-state index contributed by atoms with van der Waals surface area (Å²) in [5.74, 6) is 1.19. The Balaban J connectivity index is 1.99. The average Bonchev–Trinajstić information content (AvgIpc) is 2.97. The number of hydrogen-bond donors (Lipinski definition) is 0. The molecule has 4 heteroatoms. The van der Waals surface area contributed by atoms with Gasteiger partial charge in [0, 0.05) is 30.1 Å². The maximum atomic E-state index is 5.07. The molecule has 0 amide bonds. The molecular weight excluding hydrogens is 320 g/mol. The summed E-state index contributed by atoms with van der Waals surface area (Å²) in [6.45, 7) is 11.0. The van der Waals surface area contributed by atoms with E-state index in [1.165, 1.54) is 30.6 Å². The smallest absolute Gasteiger partial charge is 0.165 e. The lowest BCUT2D eigenvalue weighted by Gasteiger charge is -2.30. The molecular formula is C22H28N4. The van der Waals surface area contributed by atoms with Crippen molar-refractivity contribution in [2.24, 2.45) is 0 Å². The Bertz CT molecular complexity index is 913. The van der Waals surface area contributed by atoms with Crippen molar-refractivity contribution in [1.82, 2.24) is 14.6 Å². The van der Waals surface area contributed by atoms with Gasteiger partial charge in [-0.3, -0.25) is 0 Å². The number of aryl methyl sites for hydroxylation is 1. The molecule has 4 rings (SSSR count). The van der Waals surface area contributed by atoms with Crippen LogP contribution in [0.2, 0.25) is 0 Å². The van der Waals surface area contributed by atoms with E-state index in [1.54, 1.807) is 0 Å². The molecule has 1 aliphatic heterocycles. The molecule has 1 aromatic carbocycles. The predicted molar refractivity (Wildman–Crippen MR) is 108 cm³/mol. The van der Waals surface area contributed by atoms with Gasteiger partial charge in [0.1, 0.15) is 5.82 Å². The number of rotatable bonds is 2. The predicted octanol–water partition coefficient (Wildman–Crippen LogP) is 4.99. The molecule has 1 aliphatic rings. The van der Waals surface area contributed by atoms with Gasteiger partial charge in [-0.25, -0.2) is 4.98 Å². The molecule has 0 spiro atoms. The fourth-order valence-corrected chi connectivity index (χ4v) is 3.78. The van der Waals surface area contributed by atoms with Crippen molar-refractivity contribution in [3.63, 3.8) is 0 Å². The standard InChI is InChI=1S/C22H28N4/c1-16-20(17-11-7-5-8-12-17)21-23-18(22(2,3)4)15-19(26(21)24-16)25-13-9-6-10-14-25/h5,7-8,11-12,15H,6,9-10,13-14H2,1-4H3. The van der Waals surface area contributed by atoms with Crippen LogP contribution >= 0.6 is 0 Å². The molecule has 26 heavy (non-hydrogen) atoms. The summed E-state index contributed by atoms with van der Waals surface area (Å²) in [5, 5.41) is 4.90. The molecule has 0 atom stereocenters. The maximum Gasteiger partial charge on any atom is 0.165 e. The van der Waals surface area contributed by atoms with Crippen LogP contribution in [0.25, 0.3) is 16.8 Å². The van der Waals surface area contributed by atoms with Crippen LogP contribution in [0.3, 0.4) is 0 Å². The molecule has 0 N–H and O–H groups in total. The summed E-state index contributed by atoms with van der Waals surface area (Å²) in [7, 11) is 0. The first kappa shape index (κ1) is 17.1. The Morgan fingerprint density at radius 1 is 0.962 bits per heavy atom. The SMILES string of the molecule is Cc1nn2c(N3CCCCC3)cc(C(C)(C)C)nc2c1-c1ccccc1. The van der Waals surface area contributed by atoms with Crippen LogP contribution in [0.4, 0.5) is 5.82 Å². The summed E-state index contributed by atoms with van der Waals surface area (Å²) < 4.78 is 2.07. The van der Waals surface area contributed by atoms with Crippen LogP contribution in [-0.4, -0.2) is 27.7 Å². The molecule has 1 saturated heterocycles. The van der Waals surface area contributed by atoms with Gasteiger partial charge >= 0.3 is 0 Å². The number of piperidine rings is 1. The van der Waals surface area contributed by atoms with Gasteiger partial charge in [0.15, 0.2) is 5.65 Å². The lowest BCUT2D eigenvalue weighted by Crippen LogP contribution is -2.32. The van der Waals surface area contributed by atoms with Crippen molar-refractivity contribution in [1.29, 1.82) is 0 Å². The van der Waals surface area contributed by atoms with E-state index in [4.69, 9.17) is 10.1 Å². The molecule has 3 aromatic rings. The van der Waals surface area contributed by atoms with Crippen molar-refractivity contribution < 1.29 is 0 Å². The first-order valence-electron chi connectivity index (χ1n) is 9.66. The number of fused-ring (bicyclic) bond motifs is 1. The Hall–Kier alpha value is -2.36. The van der Waals surface area contributed by atoms with E-state index in [9.17, 15) is 0 Å². The van der Waals surface area contributed by atoms with E-state index in [2.05, 4.69) is 73.5 Å². The van der Waals surface area contributed by atoms with Crippen molar-refractivity contribution in [2.45, 2.75) is 52.4 Å². The zero-order valence-electron chi connectivity index (χ0n) is 16.3. The van der Waals surface area contributed by atoms with E-state index >= 15 is 0 Å². The van der Waals surface area contributed by atoms with Gasteiger partial charge in [-0.15, -0.1) is 0 Å². The van der Waals surface area contributed by atoms with Gasteiger partial charge in [0.2, 0.25) is 0 Å². The minimum Gasteiger partial charge on any atom is -0.356 e. The first-order valence-corrected chi connectivity index (χ1v) is 9.66. The highest BCUT2D eigenvalue weighted by atomic mass is 15.4. The van der Waals surface area contributed by atoms with E-state index in [1.807, 2.05) is 0 Å². The second-order valence-corrected chi connectivity index (χ2v) is 8.36. The zero-order valence-corrected chi connectivity index (χ0v) is 16.3. The Kier molecular flexibility index (Phi) is 4.22. The monoisotopic (exact) mass is 348 g/mol. The minimum atomic E-state index is -0.00157. The van der Waals surface area contributed by atoms with Gasteiger partial charge in [-0.05, 0) is 31.7 Å². The van der Waals surface area contributed by atoms with Crippen LogP contribution < -0.4 is 4.90 Å². The number of benzene rings is 1. The molecule has 3 heterocycles. The first-order chi connectivity index (χ1) is 12.4. The molecule has 0 saturated carbocycles. The van der Waals surface area contributed by atoms with Crippen molar-refractivity contribution in [2.75, 3.05) is 18.0 Å². The molecule has 0 aliphatic carbocycles. The van der Waals surface area contributed by atoms with Crippen LogP contribution in [0.15, 0.2) is 36.4 Å². The van der Waals surface area contributed by atoms with E-state index < -0.39 is 0 Å². The normalized spacial score (nSPS) is 15.6. The third-order valence-corrected chi connectivity index (χ3v) is 5.26. The van der Waals surface area contributed by atoms with Crippen molar-refractivity contribution >= 4 is 11.5 Å². The van der Waals surface area contributed by atoms with Gasteiger partial charge in [0.25, 0.3) is 0 Å². The van der Waals surface area contributed by atoms with Crippen LogP contribution in [0.5, 0.6) is 0 Å². The lowest BCUT2D eigenvalue weighted by atomic mass is 9.91. The summed E-state index contributed by atoms with van der Waals surface area (Å²) >= 11 is 0. The fraction of sp³-hybridized carbons (Fsp3) is 0.455. The van der Waals surface area contributed by atoms with E-state index in [-0.39, 0.29) is 5.41 Å². The largest absolute Gasteiger partial charge is 0.356 e. The summed E-state index contributed by atoms with van der Waals surface area (Å²) in [6, 6.07) is 12.8. The Morgan fingerprint density at radius 2 is 1.65 bits per heavy atom. The highest BCUT2D eigenvalue weighted by molar-refractivity contribution is 5.81. The van der Waals surface area contributed by atoms with Gasteiger partial charge in [0.05, 0.1) is 11.4 Å². The molecule has 0 bridgehead atoms. The maximum absolute atomic E-state index is 5.07. The highest BCUT2D eigenvalue weighted by Crippen LogP contribution is 2.33. The molecule has 0 radical (unpaired) electrons. The summed E-state index contributed by atoms with van der Waals surface area (Å²) in [6.07, 6.45) is 3.82. The van der Waals surface area contributed by atoms with Crippen LogP contribution in [0.1, 0.15) is 51.4 Å². The topological polar surface area (TPSA) is 33.4 Å². The van der Waals surface area contributed by atoms with Crippen LogP contribution in [0, 0.1) is 6.92 Å². The van der Waals surface area contributed by atoms with Crippen molar-refractivity contribution in [3.8, 4) is 11.1 Å². The molecule has 1 fully saturated rings. The van der Waals surface area contributed by atoms with E-state index in [0.29, 0.717) is 0 Å². The van der Waals surface area contributed by atoms with Gasteiger partial charge < -0.3 is 4.90 Å². The van der Waals surface area contributed by atoms with Gasteiger partial charge in [-0.2, -0.15) is 9.61 Å². The molecule has 4 nitrogen and oxygen atoms in total. The van der Waals surface area contributed by atoms with Crippen molar-refractivity contribution in [3.05, 3.63) is 47.8 Å². The Labute approximate surface area is 155 Å². The zero-order chi connectivity index (χ0) is 18.3. The van der Waals surface area contributed by atoms with Crippen LogP contribution in [-0.2, 0) is 5.41 Å². The number of anilines is 1. The molecule has 2 aromatic heterocycles. The molecule has 136 valence electrons. The van der Waals surface area contributed by atoms with E-state index in [0.717, 1.165) is 35.7 Å². The molecule has 0 unspecified atom stereocenters. The summed E-state index contributed by atoms with van der Waals surface area (Å²) in [4.78, 5) is 7.55. The number of aromatic nitrogens is 3. The minimum absolute atomic E-state index is 0.00157. The lowest BCUT2D eigenvalue weighted by molar-refractivity contribution is 0.553. The Morgan fingerprint density at radius 3 is 2.31 bits per heavy atom. The number of nitrogens with zero attached hydrogens (tertiary/aromatic N) is 4. The fourth-order valence-electron chi connectivity index (χ4n) is 3.78. The summed E-state index contributed by atoms with van der Waals surface area (Å²) in [5.41, 5.74) is 5.47. The second-order valence-electron chi connectivity index (χ2n) is 8.36. The number of hydrogen-bond acceptors (Lipinski definition) is 3. The average molecular weight is 348 g/mol. The van der Waals surface area contributed by atoms with Gasteiger partial charge in [-0.1, -0.05) is 51.1 Å². The second kappa shape index (κ2) is 6.42. The third-order valence-electron chi connectivity index (χ3n) is 5.26. The quantitative estimate of drug-likeness (QED) is 0.654. The highest BCUT2D eigenvalue weighted by Gasteiger charge is 2.24.